The zero-order chi connectivity index (χ0) is 36.8. The molecule has 10 rings (SSSR count). The molecular formula is C52H35IrN3-2. The maximum absolute atomic E-state index is 4.48. The predicted octanol–water partition coefficient (Wildman–Crippen LogP) is 13.2. The van der Waals surface area contributed by atoms with Crippen LogP contribution in [0, 0.1) is 12.1 Å². The van der Waals surface area contributed by atoms with Crippen molar-refractivity contribution in [2.45, 2.75) is 0 Å². The Morgan fingerprint density at radius 3 is 1.50 bits per heavy atom. The first-order valence-electron chi connectivity index (χ1n) is 18.4. The number of hydrogen-bond donors (Lipinski definition) is 0. The number of benzene rings is 7. The van der Waals surface area contributed by atoms with E-state index in [1.165, 1.54) is 55.3 Å². The Hall–Kier alpha value is -6.71. The second kappa shape index (κ2) is 16.8. The molecule has 0 bridgehead atoms. The number of rotatable bonds is 6. The molecule has 0 atom stereocenters. The molecule has 0 spiro atoms. The number of aromatic nitrogens is 3. The third-order valence-electron chi connectivity index (χ3n) is 9.85. The summed E-state index contributed by atoms with van der Waals surface area (Å²) >= 11 is 0. The van der Waals surface area contributed by atoms with Crippen LogP contribution in [0.25, 0.3) is 83.4 Å². The van der Waals surface area contributed by atoms with Crippen molar-refractivity contribution in [3.8, 4) is 61.6 Å². The predicted molar refractivity (Wildman–Crippen MR) is 228 cm³/mol. The van der Waals surface area contributed by atoms with Gasteiger partial charge in [-0.2, -0.15) is 0 Å². The second-order valence-corrected chi connectivity index (χ2v) is 13.3. The molecule has 3 heterocycles. The van der Waals surface area contributed by atoms with E-state index in [2.05, 4.69) is 160 Å². The minimum atomic E-state index is 0. The van der Waals surface area contributed by atoms with Gasteiger partial charge >= 0.3 is 0 Å². The summed E-state index contributed by atoms with van der Waals surface area (Å²) in [5.41, 5.74) is 14.7. The molecule has 4 heteroatoms. The standard InChI is InChI=1S/C41H27N2.C11H8N.Ir/c1-2-11-36(12-3-1)43-40-15-5-4-13-37(40)38-28-34(24-25-41(38)43)32-22-18-30(19-23-32)29-16-20-31(21-17-29)33-9-8-10-35(27-33)39-14-6-7-26-42-39;1-2-6-10(7-3-1)11-8-4-5-9-12-11;/h1-9,11-28H;1-6,8-9H;/q2*-1;. The Labute approximate surface area is 341 Å². The van der Waals surface area contributed by atoms with E-state index in [1.54, 1.807) is 6.20 Å². The summed E-state index contributed by atoms with van der Waals surface area (Å²) < 4.78 is 2.36. The van der Waals surface area contributed by atoms with Gasteiger partial charge in [0.1, 0.15) is 0 Å². The molecular weight excluding hydrogens is 859 g/mol. The van der Waals surface area contributed by atoms with Crippen LogP contribution in [0.2, 0.25) is 0 Å². The summed E-state index contributed by atoms with van der Waals surface area (Å²) in [6.45, 7) is 0. The van der Waals surface area contributed by atoms with Gasteiger partial charge in [-0.25, -0.2) is 0 Å². The van der Waals surface area contributed by atoms with Gasteiger partial charge in [0, 0.05) is 49.0 Å². The van der Waals surface area contributed by atoms with E-state index in [-0.39, 0.29) is 20.1 Å². The fraction of sp³-hybridized carbons (Fsp3) is 0. The fourth-order valence-electron chi connectivity index (χ4n) is 7.11. The number of fused-ring (bicyclic) bond motifs is 3. The van der Waals surface area contributed by atoms with E-state index < -0.39 is 0 Å². The molecule has 0 aliphatic rings. The zero-order valence-corrected chi connectivity index (χ0v) is 32.8. The summed E-state index contributed by atoms with van der Waals surface area (Å²) in [6, 6.07) is 76.1. The third kappa shape index (κ3) is 7.62. The summed E-state index contributed by atoms with van der Waals surface area (Å²) in [6.07, 6.45) is 3.61. The van der Waals surface area contributed by atoms with Crippen LogP contribution in [0.5, 0.6) is 0 Å². The van der Waals surface area contributed by atoms with E-state index in [4.69, 9.17) is 0 Å². The molecule has 3 nitrogen and oxygen atoms in total. The van der Waals surface area contributed by atoms with Crippen molar-refractivity contribution in [1.82, 2.24) is 14.5 Å². The largest absolute Gasteiger partial charge is 0.309 e. The first kappa shape index (κ1) is 36.3. The fourth-order valence-corrected chi connectivity index (χ4v) is 7.11. The Kier molecular flexibility index (Phi) is 10.9. The van der Waals surface area contributed by atoms with Crippen LogP contribution in [0.1, 0.15) is 0 Å². The summed E-state index contributed by atoms with van der Waals surface area (Å²) in [4.78, 5) is 8.69. The summed E-state index contributed by atoms with van der Waals surface area (Å²) in [5.74, 6) is 0. The smallest absolute Gasteiger partial charge is 0.0541 e. The Morgan fingerprint density at radius 1 is 0.357 bits per heavy atom. The van der Waals surface area contributed by atoms with Gasteiger partial charge in [-0.1, -0.05) is 115 Å². The van der Waals surface area contributed by atoms with E-state index >= 15 is 0 Å². The van der Waals surface area contributed by atoms with Crippen LogP contribution in [-0.4, -0.2) is 14.5 Å². The third-order valence-corrected chi connectivity index (χ3v) is 9.85. The molecule has 0 saturated carbocycles. The first-order chi connectivity index (χ1) is 27.3. The van der Waals surface area contributed by atoms with Gasteiger partial charge in [-0.3, -0.25) is 0 Å². The summed E-state index contributed by atoms with van der Waals surface area (Å²) in [7, 11) is 0. The van der Waals surface area contributed by atoms with Gasteiger partial charge < -0.3 is 14.5 Å². The molecule has 3 aromatic heterocycles. The number of hydrogen-bond acceptors (Lipinski definition) is 2. The van der Waals surface area contributed by atoms with Gasteiger partial charge in [0.25, 0.3) is 0 Å². The van der Waals surface area contributed by atoms with Crippen LogP contribution < -0.4 is 0 Å². The van der Waals surface area contributed by atoms with Crippen molar-refractivity contribution in [1.29, 1.82) is 0 Å². The molecule has 0 aliphatic carbocycles. The van der Waals surface area contributed by atoms with Crippen molar-refractivity contribution in [2.75, 3.05) is 0 Å². The molecule has 0 fully saturated rings. The van der Waals surface area contributed by atoms with Crippen molar-refractivity contribution in [3.05, 3.63) is 225 Å². The van der Waals surface area contributed by atoms with Gasteiger partial charge in [-0.15, -0.1) is 71.3 Å². The van der Waals surface area contributed by atoms with Gasteiger partial charge in [0.2, 0.25) is 0 Å². The molecule has 1 radical (unpaired) electrons. The van der Waals surface area contributed by atoms with Gasteiger partial charge in [0.15, 0.2) is 0 Å². The summed E-state index contributed by atoms with van der Waals surface area (Å²) in [5, 5.41) is 2.53. The zero-order valence-electron chi connectivity index (χ0n) is 30.4. The quantitative estimate of drug-likeness (QED) is 0.156. The van der Waals surface area contributed by atoms with E-state index in [0.717, 1.165) is 28.1 Å². The van der Waals surface area contributed by atoms with E-state index in [9.17, 15) is 0 Å². The van der Waals surface area contributed by atoms with Crippen molar-refractivity contribution >= 4 is 21.8 Å². The van der Waals surface area contributed by atoms with Crippen LogP contribution in [0.15, 0.2) is 213 Å². The van der Waals surface area contributed by atoms with Crippen LogP contribution >= 0.6 is 0 Å². The van der Waals surface area contributed by atoms with Crippen molar-refractivity contribution in [3.63, 3.8) is 0 Å². The average Bonchev–Trinajstić information content (AvgIpc) is 3.62. The topological polar surface area (TPSA) is 30.7 Å². The van der Waals surface area contributed by atoms with Crippen molar-refractivity contribution in [2.24, 2.45) is 0 Å². The Balaban J connectivity index is 0.000000290. The van der Waals surface area contributed by atoms with Crippen LogP contribution in [-0.2, 0) is 20.1 Å². The minimum Gasteiger partial charge on any atom is -0.309 e. The molecule has 0 unspecified atom stereocenters. The molecule has 0 amide bonds. The molecule has 269 valence electrons. The molecule has 10 aromatic rings. The molecule has 0 saturated heterocycles. The number of pyridine rings is 2. The number of para-hydroxylation sites is 2. The van der Waals surface area contributed by atoms with E-state index in [1.807, 2.05) is 72.9 Å². The molecule has 0 N–H and O–H groups in total. The molecule has 7 aromatic carbocycles. The minimum absolute atomic E-state index is 0. The SMILES string of the molecule is [Ir].[c-]1ccc(-c2ccc(-c3ccc(-c4ccc5c(c4)c4ccccc4n5-c4ccccc4)cc3)cc2)cc1-c1ccccn1.[c-]1ccccc1-c1ccccn1. The average molecular weight is 894 g/mol. The van der Waals surface area contributed by atoms with E-state index in [0.29, 0.717) is 0 Å². The Bertz CT molecular complexity index is 2780. The monoisotopic (exact) mass is 894 g/mol. The maximum Gasteiger partial charge on any atom is 0.0541 e. The van der Waals surface area contributed by atoms with Crippen molar-refractivity contribution < 1.29 is 20.1 Å². The maximum atomic E-state index is 4.48. The van der Waals surface area contributed by atoms with Crippen LogP contribution in [0.3, 0.4) is 0 Å². The van der Waals surface area contributed by atoms with Gasteiger partial charge in [0.05, 0.1) is 11.0 Å². The van der Waals surface area contributed by atoms with Gasteiger partial charge in [-0.05, 0) is 81.7 Å². The number of nitrogens with zero attached hydrogens (tertiary/aromatic N) is 3. The second-order valence-electron chi connectivity index (χ2n) is 13.3. The Morgan fingerprint density at radius 2 is 0.875 bits per heavy atom. The first-order valence-corrected chi connectivity index (χ1v) is 18.4. The molecule has 0 aliphatic heterocycles. The normalized spacial score (nSPS) is 10.7. The molecule has 56 heavy (non-hydrogen) atoms. The van der Waals surface area contributed by atoms with Crippen LogP contribution in [0.4, 0.5) is 0 Å².